The van der Waals surface area contributed by atoms with E-state index in [1.807, 2.05) is 0 Å². The minimum atomic E-state index is -0.574. The van der Waals surface area contributed by atoms with E-state index in [1.165, 1.54) is 12.3 Å². The molecular formula is C11H21N5O3. The van der Waals surface area contributed by atoms with E-state index in [4.69, 9.17) is 16.2 Å². The minimum Gasteiger partial charge on any atom is -0.385 e. The Bertz CT molecular complexity index is 330. The van der Waals surface area contributed by atoms with Gasteiger partial charge in [0.1, 0.15) is 0 Å². The van der Waals surface area contributed by atoms with E-state index < -0.39 is 11.8 Å². The molecule has 8 nitrogen and oxygen atoms in total. The first kappa shape index (κ1) is 17.1. The number of hydrogen-bond donors (Lipinski definition) is 4. The summed E-state index contributed by atoms with van der Waals surface area (Å²) in [6, 6.07) is 0. The van der Waals surface area contributed by atoms with Crippen LogP contribution in [0.1, 0.15) is 6.42 Å². The van der Waals surface area contributed by atoms with Crippen molar-refractivity contribution >= 4 is 18.3 Å². The number of amides is 2. The zero-order valence-corrected chi connectivity index (χ0v) is 11.0. The number of carbonyl (C=O) groups excluding carboxylic acids is 2. The predicted octanol–water partition coefficient (Wildman–Crippen LogP) is -1.71. The number of hydrogen-bond acceptors (Lipinski definition) is 5. The molecule has 0 saturated carbocycles. The molecule has 0 radical (unpaired) electrons. The first-order chi connectivity index (χ1) is 9.15. The van der Waals surface area contributed by atoms with Crippen LogP contribution in [0.5, 0.6) is 0 Å². The van der Waals surface area contributed by atoms with Gasteiger partial charge in [0.2, 0.25) is 18.3 Å². The number of ether oxygens (including phenoxy) is 1. The number of carbonyl (C=O) groups is 2. The third-order valence-electron chi connectivity index (χ3n) is 2.15. The number of nitrogens with one attached hydrogen (secondary N) is 2. The molecule has 0 fully saturated rings. The van der Waals surface area contributed by atoms with E-state index in [0.717, 1.165) is 6.42 Å². The molecule has 0 aromatic rings. The molecule has 0 saturated heterocycles. The van der Waals surface area contributed by atoms with Crippen molar-refractivity contribution in [1.29, 1.82) is 0 Å². The van der Waals surface area contributed by atoms with E-state index in [0.29, 0.717) is 19.6 Å². The van der Waals surface area contributed by atoms with Crippen molar-refractivity contribution < 1.29 is 14.3 Å². The predicted molar refractivity (Wildman–Crippen MR) is 72.0 cm³/mol. The summed E-state index contributed by atoms with van der Waals surface area (Å²) in [7, 11) is 1.61. The average Bonchev–Trinajstić information content (AvgIpc) is 2.39. The van der Waals surface area contributed by atoms with E-state index in [9.17, 15) is 9.59 Å². The molecule has 0 aromatic heterocycles. The van der Waals surface area contributed by atoms with Crippen molar-refractivity contribution in [1.82, 2.24) is 10.6 Å². The number of guanidine groups is 1. The van der Waals surface area contributed by atoms with Crippen LogP contribution in [0.3, 0.4) is 0 Å². The minimum absolute atomic E-state index is 0.110. The molecule has 0 heterocycles. The number of rotatable bonds is 9. The largest absolute Gasteiger partial charge is 0.385 e. The quantitative estimate of drug-likeness (QED) is 0.171. The Morgan fingerprint density at radius 1 is 1.53 bits per heavy atom. The van der Waals surface area contributed by atoms with Crippen molar-refractivity contribution in [3.05, 3.63) is 12.3 Å². The van der Waals surface area contributed by atoms with E-state index >= 15 is 0 Å². The second kappa shape index (κ2) is 11.2. The standard InChI is InChI=1S/C11H21N5O3/c1-19-6-2-4-14-11(16-8-17)15-5-3-9(7-12)10(13)18/h3,5,8-9H,2,4,6-7,12H2,1H3,(H2,13,18)(H2,14,15,16,17)/b5-3+. The lowest BCUT2D eigenvalue weighted by Gasteiger charge is -2.07. The molecule has 108 valence electrons. The summed E-state index contributed by atoms with van der Waals surface area (Å²) in [6.45, 7) is 1.31. The van der Waals surface area contributed by atoms with Crippen LogP contribution in [0.15, 0.2) is 17.3 Å². The van der Waals surface area contributed by atoms with Crippen LogP contribution in [0.4, 0.5) is 0 Å². The Kier molecular flexibility index (Phi) is 10.0. The maximum absolute atomic E-state index is 10.9. The monoisotopic (exact) mass is 271 g/mol. The zero-order valence-electron chi connectivity index (χ0n) is 11.0. The summed E-state index contributed by atoms with van der Waals surface area (Å²) in [6.07, 6.45) is 4.13. The van der Waals surface area contributed by atoms with Crippen molar-refractivity contribution in [2.75, 3.05) is 26.8 Å². The normalized spacial score (nSPS) is 13.3. The molecule has 0 aliphatic carbocycles. The van der Waals surface area contributed by atoms with Crippen molar-refractivity contribution in [3.8, 4) is 0 Å². The van der Waals surface area contributed by atoms with Gasteiger partial charge in [0.15, 0.2) is 0 Å². The van der Waals surface area contributed by atoms with Crippen LogP contribution >= 0.6 is 0 Å². The average molecular weight is 271 g/mol. The number of methoxy groups -OCH3 is 1. The van der Waals surface area contributed by atoms with Crippen LogP contribution in [-0.4, -0.2) is 45.1 Å². The Balaban J connectivity index is 4.34. The lowest BCUT2D eigenvalue weighted by molar-refractivity contribution is -0.120. The molecule has 0 spiro atoms. The van der Waals surface area contributed by atoms with Crippen LogP contribution < -0.4 is 22.1 Å². The molecule has 0 rings (SSSR count). The topological polar surface area (TPSA) is 132 Å². The van der Waals surface area contributed by atoms with Gasteiger partial charge < -0.3 is 21.5 Å². The van der Waals surface area contributed by atoms with Crippen LogP contribution in [0.2, 0.25) is 0 Å². The molecule has 0 aliphatic heterocycles. The summed E-state index contributed by atoms with van der Waals surface area (Å²) in [4.78, 5) is 25.3. The second-order valence-corrected chi connectivity index (χ2v) is 3.60. The van der Waals surface area contributed by atoms with Crippen molar-refractivity contribution in [2.45, 2.75) is 6.42 Å². The highest BCUT2D eigenvalue weighted by molar-refractivity contribution is 5.89. The molecule has 19 heavy (non-hydrogen) atoms. The van der Waals surface area contributed by atoms with Gasteiger partial charge in [0.25, 0.3) is 0 Å². The summed E-state index contributed by atoms with van der Waals surface area (Å²) < 4.78 is 4.89. The molecule has 1 atom stereocenters. The highest BCUT2D eigenvalue weighted by Crippen LogP contribution is 1.94. The van der Waals surface area contributed by atoms with Crippen LogP contribution in [0, 0.1) is 5.92 Å². The first-order valence-corrected chi connectivity index (χ1v) is 5.82. The third-order valence-corrected chi connectivity index (χ3v) is 2.15. The maximum atomic E-state index is 10.9. The number of nitrogens with zero attached hydrogens (tertiary/aromatic N) is 1. The molecule has 8 heteroatoms. The highest BCUT2D eigenvalue weighted by Gasteiger charge is 2.07. The van der Waals surface area contributed by atoms with Gasteiger partial charge in [-0.3, -0.25) is 14.9 Å². The lowest BCUT2D eigenvalue weighted by Crippen LogP contribution is -2.37. The van der Waals surface area contributed by atoms with E-state index in [2.05, 4.69) is 15.6 Å². The summed E-state index contributed by atoms with van der Waals surface area (Å²) in [5.41, 5.74) is 10.5. The van der Waals surface area contributed by atoms with Gasteiger partial charge in [-0.25, -0.2) is 4.99 Å². The van der Waals surface area contributed by atoms with Crippen molar-refractivity contribution in [2.24, 2.45) is 22.4 Å². The lowest BCUT2D eigenvalue weighted by atomic mass is 10.1. The summed E-state index contributed by atoms with van der Waals surface area (Å²) in [5, 5.41) is 5.30. The highest BCUT2D eigenvalue weighted by atomic mass is 16.5. The Hall–Kier alpha value is -1.93. The molecule has 1 unspecified atom stereocenters. The van der Waals surface area contributed by atoms with E-state index in [1.54, 1.807) is 7.11 Å². The fourth-order valence-electron chi connectivity index (χ4n) is 1.12. The smallest absolute Gasteiger partial charge is 0.225 e. The van der Waals surface area contributed by atoms with Gasteiger partial charge in [-0.1, -0.05) is 6.08 Å². The Labute approximate surface area is 112 Å². The Morgan fingerprint density at radius 2 is 2.26 bits per heavy atom. The number of nitrogens with two attached hydrogens (primary N) is 2. The first-order valence-electron chi connectivity index (χ1n) is 5.82. The third kappa shape index (κ3) is 8.75. The maximum Gasteiger partial charge on any atom is 0.225 e. The Morgan fingerprint density at radius 3 is 2.79 bits per heavy atom. The number of aliphatic imine (C=N–C) groups is 1. The SMILES string of the molecule is COCCCN/C(=N\C=C\C(CN)C(N)=O)NC=O. The molecule has 2 amide bonds. The molecular weight excluding hydrogens is 250 g/mol. The second-order valence-electron chi connectivity index (χ2n) is 3.60. The van der Waals surface area contributed by atoms with Crippen molar-refractivity contribution in [3.63, 3.8) is 0 Å². The van der Waals surface area contributed by atoms with Crippen LogP contribution in [-0.2, 0) is 14.3 Å². The van der Waals surface area contributed by atoms with E-state index in [-0.39, 0.29) is 12.5 Å². The molecule has 0 bridgehead atoms. The van der Waals surface area contributed by atoms with Gasteiger partial charge in [0.05, 0.1) is 5.92 Å². The van der Waals surface area contributed by atoms with Gasteiger partial charge >= 0.3 is 0 Å². The number of primary amides is 1. The summed E-state index contributed by atoms with van der Waals surface area (Å²) in [5.74, 6) is -0.816. The van der Waals surface area contributed by atoms with Gasteiger partial charge in [0, 0.05) is 33.0 Å². The van der Waals surface area contributed by atoms with Crippen LogP contribution in [0.25, 0.3) is 0 Å². The van der Waals surface area contributed by atoms with Gasteiger partial charge in [-0.15, -0.1) is 0 Å². The fraction of sp³-hybridized carbons (Fsp3) is 0.545. The van der Waals surface area contributed by atoms with Gasteiger partial charge in [-0.05, 0) is 6.42 Å². The fourth-order valence-corrected chi connectivity index (χ4v) is 1.12. The zero-order chi connectivity index (χ0) is 14.5. The molecule has 0 aliphatic rings. The summed E-state index contributed by atoms with van der Waals surface area (Å²) >= 11 is 0. The molecule has 0 aromatic carbocycles. The molecule has 6 N–H and O–H groups in total. The van der Waals surface area contributed by atoms with Gasteiger partial charge in [-0.2, -0.15) is 0 Å².